The molecule has 0 saturated heterocycles. The smallest absolute Gasteiger partial charge is 0.415 e. The fraction of sp³-hybridized carbons (Fsp3) is 0.500. The lowest BCUT2D eigenvalue weighted by Crippen LogP contribution is -2.40. The van der Waals surface area contributed by atoms with Crippen LogP contribution in [0.3, 0.4) is 0 Å². The molecule has 0 bridgehead atoms. The molecule has 0 fully saturated rings. The highest BCUT2D eigenvalue weighted by Crippen LogP contribution is 2.35. The Kier molecular flexibility index (Phi) is 3.41. The third-order valence-corrected chi connectivity index (χ3v) is 3.35. The zero-order valence-corrected chi connectivity index (χ0v) is 12.7. The van der Waals surface area contributed by atoms with E-state index in [1.54, 1.807) is 4.90 Å². The fourth-order valence-corrected chi connectivity index (χ4v) is 2.52. The molecule has 98 valence electrons. The molecular weight excluding hydrogens is 294 g/mol. The van der Waals surface area contributed by atoms with E-state index in [1.807, 2.05) is 39.8 Å². The lowest BCUT2D eigenvalue weighted by molar-refractivity contribution is 0.0572. The number of rotatable bonds is 0. The van der Waals surface area contributed by atoms with Gasteiger partial charge in [0.1, 0.15) is 5.60 Å². The van der Waals surface area contributed by atoms with Crippen LogP contribution in [-0.2, 0) is 11.2 Å². The lowest BCUT2D eigenvalue weighted by Gasteiger charge is -2.27. The number of fused-ring (bicyclic) bond motifs is 1. The number of amides is 1. The summed E-state index contributed by atoms with van der Waals surface area (Å²) in [5, 5.41) is 0. The van der Waals surface area contributed by atoms with Crippen LogP contribution in [0.1, 0.15) is 33.3 Å². The number of carbonyl (C=O) groups excluding carboxylic acids is 1. The molecule has 4 heteroatoms. The van der Waals surface area contributed by atoms with Crippen molar-refractivity contribution in [3.8, 4) is 0 Å². The van der Waals surface area contributed by atoms with E-state index in [1.165, 1.54) is 5.56 Å². The van der Waals surface area contributed by atoms with Crippen molar-refractivity contribution in [3.05, 3.63) is 28.2 Å². The molecule has 0 saturated carbocycles. The van der Waals surface area contributed by atoms with Gasteiger partial charge in [-0.05, 0) is 51.8 Å². The maximum Gasteiger partial charge on any atom is 0.415 e. The molecule has 1 aliphatic rings. The summed E-state index contributed by atoms with van der Waals surface area (Å²) in [6.07, 6.45) is 0.605. The lowest BCUT2D eigenvalue weighted by atomic mass is 10.1. The van der Waals surface area contributed by atoms with E-state index < -0.39 is 5.60 Å². The number of halogens is 1. The van der Waals surface area contributed by atoms with Crippen molar-refractivity contribution in [2.75, 3.05) is 4.90 Å². The average Bonchev–Trinajstić information content (AvgIpc) is 2.50. The van der Waals surface area contributed by atoms with E-state index in [2.05, 4.69) is 22.0 Å². The first-order valence-corrected chi connectivity index (χ1v) is 6.88. The van der Waals surface area contributed by atoms with E-state index in [-0.39, 0.29) is 12.1 Å². The summed E-state index contributed by atoms with van der Waals surface area (Å²) in [6.45, 7) is 7.69. The van der Waals surface area contributed by atoms with Gasteiger partial charge >= 0.3 is 6.09 Å². The van der Waals surface area contributed by atoms with Crippen LogP contribution in [0.4, 0.5) is 10.5 Å². The zero-order chi connectivity index (χ0) is 13.5. The molecule has 2 rings (SSSR count). The van der Waals surface area contributed by atoms with Gasteiger partial charge in [-0.15, -0.1) is 0 Å². The van der Waals surface area contributed by atoms with Gasteiger partial charge in [0, 0.05) is 10.5 Å². The first kappa shape index (κ1) is 13.4. The Hall–Kier alpha value is -1.03. The van der Waals surface area contributed by atoms with Crippen molar-refractivity contribution in [1.29, 1.82) is 0 Å². The molecule has 1 aromatic carbocycles. The minimum absolute atomic E-state index is 0.143. The van der Waals surface area contributed by atoms with Gasteiger partial charge in [0.05, 0.1) is 5.69 Å². The zero-order valence-electron chi connectivity index (χ0n) is 11.2. The molecule has 0 aliphatic carbocycles. The second-order valence-electron chi connectivity index (χ2n) is 5.68. The van der Waals surface area contributed by atoms with E-state index in [4.69, 9.17) is 4.74 Å². The summed E-state index contributed by atoms with van der Waals surface area (Å²) >= 11 is 3.44. The minimum Gasteiger partial charge on any atom is -0.443 e. The van der Waals surface area contributed by atoms with E-state index in [0.29, 0.717) is 0 Å². The van der Waals surface area contributed by atoms with E-state index in [0.717, 1.165) is 16.6 Å². The van der Waals surface area contributed by atoms with Gasteiger partial charge in [-0.2, -0.15) is 0 Å². The maximum absolute atomic E-state index is 12.2. The van der Waals surface area contributed by atoms with Gasteiger partial charge < -0.3 is 4.74 Å². The highest BCUT2D eigenvalue weighted by atomic mass is 79.9. The predicted octanol–water partition coefficient (Wildman–Crippen LogP) is 4.14. The van der Waals surface area contributed by atoms with Crippen molar-refractivity contribution < 1.29 is 9.53 Å². The molecule has 1 aromatic rings. The molecule has 0 N–H and O–H groups in total. The molecule has 0 radical (unpaired) electrons. The number of anilines is 1. The fourth-order valence-electron chi connectivity index (χ4n) is 2.17. The standard InChI is InChI=1S/C14H18BrNO2/c1-9-7-10-5-6-11(15)8-12(10)16(9)13(17)18-14(2,3)4/h5-6,8-9H,7H2,1-4H3. The Morgan fingerprint density at radius 2 is 2.11 bits per heavy atom. The second-order valence-corrected chi connectivity index (χ2v) is 6.59. The Bertz CT molecular complexity index is 479. The van der Waals surface area contributed by atoms with Crippen LogP contribution in [0.5, 0.6) is 0 Å². The molecule has 3 nitrogen and oxygen atoms in total. The van der Waals surface area contributed by atoms with E-state index in [9.17, 15) is 4.79 Å². The normalized spacial score (nSPS) is 18.7. The maximum atomic E-state index is 12.2. The number of benzene rings is 1. The molecule has 0 aromatic heterocycles. The molecule has 1 unspecified atom stereocenters. The largest absolute Gasteiger partial charge is 0.443 e. The number of nitrogens with zero attached hydrogens (tertiary/aromatic N) is 1. The average molecular weight is 312 g/mol. The van der Waals surface area contributed by atoms with Gasteiger partial charge in [0.15, 0.2) is 0 Å². The second kappa shape index (κ2) is 4.57. The number of carbonyl (C=O) groups is 1. The van der Waals surface area contributed by atoms with Gasteiger partial charge in [-0.25, -0.2) is 4.79 Å². The summed E-state index contributed by atoms with van der Waals surface area (Å²) in [5.41, 5.74) is 1.67. The monoisotopic (exact) mass is 311 g/mol. The highest BCUT2D eigenvalue weighted by Gasteiger charge is 2.33. The first-order chi connectivity index (χ1) is 8.28. The van der Waals surface area contributed by atoms with Gasteiger partial charge in [-0.3, -0.25) is 4.90 Å². The molecule has 1 atom stereocenters. The van der Waals surface area contributed by atoms with Crippen LogP contribution >= 0.6 is 15.9 Å². The highest BCUT2D eigenvalue weighted by molar-refractivity contribution is 9.10. The van der Waals surface area contributed by atoms with Crippen molar-refractivity contribution in [2.45, 2.75) is 45.8 Å². The van der Waals surface area contributed by atoms with Crippen LogP contribution in [0, 0.1) is 0 Å². The molecule has 1 amide bonds. The van der Waals surface area contributed by atoms with Crippen LogP contribution in [0.2, 0.25) is 0 Å². The summed E-state index contributed by atoms with van der Waals surface area (Å²) in [4.78, 5) is 14.0. The Morgan fingerprint density at radius 1 is 1.44 bits per heavy atom. The van der Waals surface area contributed by atoms with Gasteiger partial charge in [-0.1, -0.05) is 22.0 Å². The third kappa shape index (κ3) is 2.69. The topological polar surface area (TPSA) is 29.5 Å². The Morgan fingerprint density at radius 3 is 2.72 bits per heavy atom. The number of hydrogen-bond donors (Lipinski definition) is 0. The molecule has 0 spiro atoms. The van der Waals surface area contributed by atoms with Crippen molar-refractivity contribution in [1.82, 2.24) is 0 Å². The minimum atomic E-state index is -0.467. The Labute approximate surface area is 116 Å². The summed E-state index contributed by atoms with van der Waals surface area (Å²) < 4.78 is 6.44. The van der Waals surface area contributed by atoms with Crippen LogP contribution in [-0.4, -0.2) is 17.7 Å². The van der Waals surface area contributed by atoms with Crippen molar-refractivity contribution >= 4 is 27.7 Å². The quantitative estimate of drug-likeness (QED) is 0.721. The first-order valence-electron chi connectivity index (χ1n) is 6.08. The van der Waals surface area contributed by atoms with Gasteiger partial charge in [0.25, 0.3) is 0 Å². The summed E-state index contributed by atoms with van der Waals surface area (Å²) in [5.74, 6) is 0. The van der Waals surface area contributed by atoms with Crippen molar-refractivity contribution in [3.63, 3.8) is 0 Å². The Balaban J connectivity index is 2.30. The van der Waals surface area contributed by atoms with Crippen LogP contribution < -0.4 is 4.90 Å². The van der Waals surface area contributed by atoms with Crippen LogP contribution in [0.15, 0.2) is 22.7 Å². The summed E-state index contributed by atoms with van der Waals surface area (Å²) in [6, 6.07) is 6.18. The molecule has 1 heterocycles. The number of hydrogen-bond acceptors (Lipinski definition) is 2. The SMILES string of the molecule is CC1Cc2ccc(Br)cc2N1C(=O)OC(C)(C)C. The molecule has 18 heavy (non-hydrogen) atoms. The van der Waals surface area contributed by atoms with Gasteiger partial charge in [0.2, 0.25) is 0 Å². The molecule has 1 aliphatic heterocycles. The third-order valence-electron chi connectivity index (χ3n) is 2.85. The van der Waals surface area contributed by atoms with E-state index >= 15 is 0 Å². The number of ether oxygens (including phenoxy) is 1. The molecular formula is C14H18BrNO2. The predicted molar refractivity (Wildman–Crippen MR) is 76.0 cm³/mol. The van der Waals surface area contributed by atoms with Crippen LogP contribution in [0.25, 0.3) is 0 Å². The van der Waals surface area contributed by atoms with Crippen molar-refractivity contribution in [2.24, 2.45) is 0 Å². The summed E-state index contributed by atoms with van der Waals surface area (Å²) in [7, 11) is 0.